The lowest BCUT2D eigenvalue weighted by Gasteiger charge is -2.32. The third-order valence-corrected chi connectivity index (χ3v) is 4.13. The number of benzene rings is 1. The lowest BCUT2D eigenvalue weighted by atomic mass is 9.90. The van der Waals surface area contributed by atoms with Crippen LogP contribution in [0.15, 0.2) is 42.5 Å². The first-order valence-corrected chi connectivity index (χ1v) is 7.16. The Morgan fingerprint density at radius 1 is 1.29 bits per heavy atom. The van der Waals surface area contributed by atoms with Gasteiger partial charge < -0.3 is 5.32 Å². The quantitative estimate of drug-likeness (QED) is 0.379. The average Bonchev–Trinajstić information content (AvgIpc) is 2.93. The summed E-state index contributed by atoms with van der Waals surface area (Å²) in [5.41, 5.74) is 0.881. The summed E-state index contributed by atoms with van der Waals surface area (Å²) in [4.78, 5) is 23.0. The van der Waals surface area contributed by atoms with E-state index in [1.165, 1.54) is 0 Å². The van der Waals surface area contributed by atoms with Gasteiger partial charge in [-0.15, -0.1) is 0 Å². The van der Waals surface area contributed by atoms with E-state index in [1.807, 2.05) is 42.5 Å². The first-order chi connectivity index (χ1) is 10.1. The van der Waals surface area contributed by atoms with E-state index in [1.54, 1.807) is 0 Å². The van der Waals surface area contributed by atoms with Gasteiger partial charge in [-0.3, -0.25) is 14.8 Å². The van der Waals surface area contributed by atoms with Crippen LogP contribution >= 0.6 is 0 Å². The zero-order valence-electron chi connectivity index (χ0n) is 11.6. The number of hydrogen-bond acceptors (Lipinski definition) is 3. The molecule has 1 aromatic carbocycles. The van der Waals surface area contributed by atoms with Gasteiger partial charge in [0.15, 0.2) is 0 Å². The molecule has 3 atom stereocenters. The van der Waals surface area contributed by atoms with E-state index in [9.17, 15) is 14.8 Å². The number of β-lactam (4-membered cyclic amide) rings is 1. The van der Waals surface area contributed by atoms with Crippen molar-refractivity contribution in [2.45, 2.75) is 31.3 Å². The summed E-state index contributed by atoms with van der Waals surface area (Å²) in [6.45, 7) is 0. The third kappa shape index (κ3) is 2.97. The van der Waals surface area contributed by atoms with Gasteiger partial charge in [0.2, 0.25) is 5.91 Å². The summed E-state index contributed by atoms with van der Waals surface area (Å²) in [6.07, 6.45) is 5.20. The van der Waals surface area contributed by atoms with Crippen LogP contribution in [0, 0.1) is 5.92 Å². The summed E-state index contributed by atoms with van der Waals surface area (Å²) in [7, 11) is 0. The maximum Gasteiger partial charge on any atom is 0.250 e. The molecule has 0 radical (unpaired) electrons. The topological polar surface area (TPSA) is 69.6 Å². The molecule has 1 aliphatic carbocycles. The molecular formula is C16H18N2O3. The molecule has 1 heterocycles. The highest BCUT2D eigenvalue weighted by Crippen LogP contribution is 2.29. The highest BCUT2D eigenvalue weighted by Gasteiger charge is 2.37. The summed E-state index contributed by atoms with van der Waals surface area (Å²) < 4.78 is 0. The zero-order valence-corrected chi connectivity index (χ0v) is 11.6. The standard InChI is InChI=1S/C16H18N2O3/c19-15-10-14(17-15)12-6-7-13(9-12)18(21)16(20)8-11-4-2-1-3-5-11/h1-7,12-14,21H,8-10H2,(H,17,19)/t12-,13+,14+/m1/s1. The van der Waals surface area contributed by atoms with Crippen LogP contribution < -0.4 is 5.32 Å². The number of nitrogens with one attached hydrogen (secondary N) is 1. The van der Waals surface area contributed by atoms with E-state index < -0.39 is 0 Å². The Bertz CT molecular complexity index is 562. The molecule has 1 saturated heterocycles. The van der Waals surface area contributed by atoms with Gasteiger partial charge in [-0.1, -0.05) is 42.5 Å². The van der Waals surface area contributed by atoms with Crippen molar-refractivity contribution in [2.24, 2.45) is 5.92 Å². The van der Waals surface area contributed by atoms with E-state index in [4.69, 9.17) is 0 Å². The minimum atomic E-state index is -0.311. The molecule has 1 aromatic rings. The number of carbonyl (C=O) groups excluding carboxylic acids is 2. The van der Waals surface area contributed by atoms with Gasteiger partial charge in [-0.2, -0.15) is 0 Å². The molecule has 5 nitrogen and oxygen atoms in total. The first-order valence-electron chi connectivity index (χ1n) is 7.16. The fourth-order valence-corrected chi connectivity index (χ4v) is 2.87. The van der Waals surface area contributed by atoms with Gasteiger partial charge in [-0.05, 0) is 17.9 Å². The Hall–Kier alpha value is -2.14. The van der Waals surface area contributed by atoms with Crippen molar-refractivity contribution in [3.63, 3.8) is 0 Å². The van der Waals surface area contributed by atoms with E-state index in [2.05, 4.69) is 5.32 Å². The fourth-order valence-electron chi connectivity index (χ4n) is 2.87. The molecule has 21 heavy (non-hydrogen) atoms. The second-order valence-electron chi connectivity index (χ2n) is 5.63. The average molecular weight is 286 g/mol. The minimum Gasteiger partial charge on any atom is -0.352 e. The Morgan fingerprint density at radius 3 is 2.67 bits per heavy atom. The number of rotatable bonds is 4. The highest BCUT2D eigenvalue weighted by atomic mass is 16.5. The van der Waals surface area contributed by atoms with Crippen molar-refractivity contribution in [1.29, 1.82) is 0 Å². The van der Waals surface area contributed by atoms with E-state index >= 15 is 0 Å². The minimum absolute atomic E-state index is 0.0675. The predicted octanol–water partition coefficient (Wildman–Crippen LogP) is 1.28. The van der Waals surface area contributed by atoms with Crippen LogP contribution in [0.25, 0.3) is 0 Å². The van der Waals surface area contributed by atoms with Crippen LogP contribution in [-0.4, -0.2) is 34.2 Å². The SMILES string of the molecule is O=C1C[C@@H]([C@@H]2C=C[C@H](N(O)C(=O)Cc3ccccc3)C2)N1. The molecule has 1 aliphatic heterocycles. The predicted molar refractivity (Wildman–Crippen MR) is 76.4 cm³/mol. The summed E-state index contributed by atoms with van der Waals surface area (Å²) in [5.74, 6) is -0.0427. The van der Waals surface area contributed by atoms with Gasteiger partial charge in [0.1, 0.15) is 0 Å². The van der Waals surface area contributed by atoms with Gasteiger partial charge in [0.25, 0.3) is 5.91 Å². The van der Waals surface area contributed by atoms with Crippen LogP contribution in [0.5, 0.6) is 0 Å². The van der Waals surface area contributed by atoms with Crippen molar-refractivity contribution >= 4 is 11.8 Å². The normalized spacial score (nSPS) is 27.1. The molecule has 0 bridgehead atoms. The maximum atomic E-state index is 12.1. The molecule has 1 fully saturated rings. The number of carbonyl (C=O) groups is 2. The summed E-state index contributed by atoms with van der Waals surface area (Å²) in [6, 6.07) is 9.21. The Kier molecular flexibility index (Phi) is 3.75. The van der Waals surface area contributed by atoms with Crippen molar-refractivity contribution in [2.75, 3.05) is 0 Å². The summed E-state index contributed by atoms with van der Waals surface area (Å²) >= 11 is 0. The lowest BCUT2D eigenvalue weighted by Crippen LogP contribution is -2.52. The number of amides is 2. The highest BCUT2D eigenvalue weighted by molar-refractivity contribution is 5.83. The van der Waals surface area contributed by atoms with Crippen LogP contribution in [0.3, 0.4) is 0 Å². The molecule has 0 spiro atoms. The summed E-state index contributed by atoms with van der Waals surface area (Å²) in [5, 5.41) is 13.7. The Labute approximate surface area is 123 Å². The molecule has 0 saturated carbocycles. The molecule has 5 heteroatoms. The Balaban J connectivity index is 1.54. The lowest BCUT2D eigenvalue weighted by molar-refractivity contribution is -0.171. The van der Waals surface area contributed by atoms with Gasteiger partial charge in [-0.25, -0.2) is 5.06 Å². The van der Waals surface area contributed by atoms with Crippen LogP contribution in [0.1, 0.15) is 18.4 Å². The molecular weight excluding hydrogens is 268 g/mol. The zero-order chi connectivity index (χ0) is 14.8. The number of hydrogen-bond donors (Lipinski definition) is 2. The van der Waals surface area contributed by atoms with Crippen LogP contribution in [0.2, 0.25) is 0 Å². The van der Waals surface area contributed by atoms with Gasteiger partial charge in [0.05, 0.1) is 12.5 Å². The fraction of sp³-hybridized carbons (Fsp3) is 0.375. The Morgan fingerprint density at radius 2 is 2.00 bits per heavy atom. The molecule has 0 unspecified atom stereocenters. The van der Waals surface area contributed by atoms with Gasteiger partial charge >= 0.3 is 0 Å². The number of nitrogens with zero attached hydrogens (tertiary/aromatic N) is 1. The molecule has 2 aliphatic rings. The van der Waals surface area contributed by atoms with E-state index in [0.717, 1.165) is 10.6 Å². The van der Waals surface area contributed by atoms with Crippen molar-refractivity contribution in [3.05, 3.63) is 48.0 Å². The molecule has 3 rings (SSSR count). The van der Waals surface area contributed by atoms with E-state index in [-0.39, 0.29) is 36.2 Å². The second-order valence-corrected chi connectivity index (χ2v) is 5.63. The van der Waals surface area contributed by atoms with Crippen LogP contribution in [-0.2, 0) is 16.0 Å². The van der Waals surface area contributed by atoms with E-state index in [0.29, 0.717) is 12.8 Å². The largest absolute Gasteiger partial charge is 0.352 e. The van der Waals surface area contributed by atoms with Crippen LogP contribution in [0.4, 0.5) is 0 Å². The van der Waals surface area contributed by atoms with Crippen molar-refractivity contribution in [1.82, 2.24) is 10.4 Å². The molecule has 2 N–H and O–H groups in total. The molecule has 2 amide bonds. The smallest absolute Gasteiger partial charge is 0.250 e. The maximum absolute atomic E-state index is 12.1. The van der Waals surface area contributed by atoms with Crippen molar-refractivity contribution < 1.29 is 14.8 Å². The second kappa shape index (κ2) is 5.69. The molecule has 110 valence electrons. The molecule has 0 aromatic heterocycles. The third-order valence-electron chi connectivity index (χ3n) is 4.13. The first kappa shape index (κ1) is 13.8. The van der Waals surface area contributed by atoms with Gasteiger partial charge in [0, 0.05) is 12.5 Å². The number of hydroxylamine groups is 2. The monoisotopic (exact) mass is 286 g/mol. The van der Waals surface area contributed by atoms with Crippen molar-refractivity contribution in [3.8, 4) is 0 Å².